The molecule has 0 aromatic carbocycles. The molecule has 0 radical (unpaired) electrons. The Labute approximate surface area is 112 Å². The summed E-state index contributed by atoms with van der Waals surface area (Å²) in [5.41, 5.74) is 2.60. The van der Waals surface area contributed by atoms with Crippen molar-refractivity contribution in [3.63, 3.8) is 0 Å². The number of nitrogens with one attached hydrogen (secondary N) is 2. The van der Waals surface area contributed by atoms with E-state index >= 15 is 0 Å². The van der Waals surface area contributed by atoms with Crippen molar-refractivity contribution in [3.05, 3.63) is 29.1 Å². The third-order valence-electron chi connectivity index (χ3n) is 3.65. The molecule has 0 atom stereocenters. The molecule has 0 unspecified atom stereocenters. The molecule has 4 nitrogen and oxygen atoms in total. The molecular weight excluding hydrogens is 271 g/mol. The van der Waals surface area contributed by atoms with Gasteiger partial charge in [0.15, 0.2) is 0 Å². The van der Waals surface area contributed by atoms with Gasteiger partial charge in [0, 0.05) is 11.1 Å². The Bertz CT molecular complexity index is 636. The molecule has 0 bridgehead atoms. The van der Waals surface area contributed by atoms with E-state index in [1.54, 1.807) is 0 Å². The number of aromatic nitrogens is 1. The number of halogens is 3. The molecule has 7 heteroatoms. The molecule has 106 valence electrons. The van der Waals surface area contributed by atoms with Crippen LogP contribution in [0.2, 0.25) is 0 Å². The van der Waals surface area contributed by atoms with Crippen molar-refractivity contribution < 1.29 is 18.0 Å². The van der Waals surface area contributed by atoms with Crippen molar-refractivity contribution in [3.8, 4) is 0 Å². The average molecular weight is 283 g/mol. The van der Waals surface area contributed by atoms with Crippen LogP contribution < -0.4 is 5.43 Å². The van der Waals surface area contributed by atoms with Crippen molar-refractivity contribution >= 4 is 17.7 Å². The van der Waals surface area contributed by atoms with Gasteiger partial charge in [-0.1, -0.05) is 6.92 Å². The Morgan fingerprint density at radius 3 is 2.60 bits per heavy atom. The van der Waals surface area contributed by atoms with Crippen molar-refractivity contribution in [1.29, 1.82) is 0 Å². The fourth-order valence-corrected chi connectivity index (χ4v) is 2.17. The van der Waals surface area contributed by atoms with E-state index in [-0.39, 0.29) is 17.0 Å². The first kappa shape index (κ1) is 13.0. The monoisotopic (exact) mass is 283 g/mol. The lowest BCUT2D eigenvalue weighted by Gasteiger charge is -2.07. The largest absolute Gasteiger partial charge is 0.431 e. The highest BCUT2D eigenvalue weighted by atomic mass is 19.4. The summed E-state index contributed by atoms with van der Waals surface area (Å²) in [6.45, 7) is 1.98. The van der Waals surface area contributed by atoms with Crippen LogP contribution in [0.4, 0.5) is 13.2 Å². The number of nitrogens with zero attached hydrogens (tertiary/aromatic N) is 1. The van der Waals surface area contributed by atoms with E-state index in [4.69, 9.17) is 0 Å². The Kier molecular flexibility index (Phi) is 2.57. The van der Waals surface area contributed by atoms with Crippen LogP contribution in [0.1, 0.15) is 31.2 Å². The van der Waals surface area contributed by atoms with Crippen molar-refractivity contribution in [2.75, 3.05) is 0 Å². The van der Waals surface area contributed by atoms with Gasteiger partial charge < -0.3 is 4.98 Å². The third-order valence-corrected chi connectivity index (χ3v) is 3.65. The molecule has 0 spiro atoms. The summed E-state index contributed by atoms with van der Waals surface area (Å²) in [6.07, 6.45) is -1.15. The zero-order chi connectivity index (χ0) is 14.5. The van der Waals surface area contributed by atoms with E-state index in [9.17, 15) is 18.0 Å². The van der Waals surface area contributed by atoms with Gasteiger partial charge in [-0.05, 0) is 31.1 Å². The summed E-state index contributed by atoms with van der Waals surface area (Å²) >= 11 is 0. The Balaban J connectivity index is 1.93. The first-order valence-electron chi connectivity index (χ1n) is 6.16. The lowest BCUT2D eigenvalue weighted by Crippen LogP contribution is -2.17. The first-order chi connectivity index (χ1) is 9.29. The summed E-state index contributed by atoms with van der Waals surface area (Å²) in [5, 5.41) is 4.00. The van der Waals surface area contributed by atoms with Gasteiger partial charge >= 0.3 is 6.18 Å². The van der Waals surface area contributed by atoms with E-state index < -0.39 is 11.9 Å². The molecule has 1 aliphatic heterocycles. The number of alkyl halides is 3. The first-order valence-corrected chi connectivity index (χ1v) is 6.16. The molecule has 1 saturated carbocycles. The third kappa shape index (κ3) is 2.13. The molecule has 2 N–H and O–H groups in total. The van der Waals surface area contributed by atoms with Gasteiger partial charge in [-0.2, -0.15) is 18.3 Å². The predicted octanol–water partition coefficient (Wildman–Crippen LogP) is 2.70. The molecule has 20 heavy (non-hydrogen) atoms. The molecule has 1 aromatic rings. The number of hydrazone groups is 1. The van der Waals surface area contributed by atoms with Gasteiger partial charge in [0.05, 0.1) is 11.3 Å². The number of hydrogen-bond donors (Lipinski definition) is 2. The summed E-state index contributed by atoms with van der Waals surface area (Å²) in [4.78, 5) is 14.0. The number of rotatable bonds is 2. The van der Waals surface area contributed by atoms with Crippen LogP contribution in [0.3, 0.4) is 0 Å². The highest BCUT2D eigenvalue weighted by molar-refractivity contribution is 6.29. The van der Waals surface area contributed by atoms with Gasteiger partial charge in [-0.25, -0.2) is 5.43 Å². The molecule has 0 saturated heterocycles. The maximum atomic E-state index is 12.5. The van der Waals surface area contributed by atoms with Crippen LogP contribution in [-0.4, -0.2) is 16.6 Å². The molecule has 1 aromatic heterocycles. The standard InChI is InChI=1S/C13H12F3N3O/c1-12(4-5-12)10-8(11(20)19-18-10)6-7-2-3-9(17-7)13(14,15)16/h2-3,6,17H,4-5H2,1H3,(H,19,20)/b8-6-. The van der Waals surface area contributed by atoms with E-state index in [0.717, 1.165) is 18.9 Å². The molecule has 2 aliphatic rings. The lowest BCUT2D eigenvalue weighted by atomic mass is 9.95. The van der Waals surface area contributed by atoms with Crippen LogP contribution in [0, 0.1) is 5.41 Å². The highest BCUT2D eigenvalue weighted by Crippen LogP contribution is 2.49. The summed E-state index contributed by atoms with van der Waals surface area (Å²) in [6, 6.07) is 2.25. The fraction of sp³-hybridized carbons (Fsp3) is 0.385. The maximum absolute atomic E-state index is 12.5. The second kappa shape index (κ2) is 3.97. The number of carbonyl (C=O) groups excluding carboxylic acids is 1. The second-order valence-electron chi connectivity index (χ2n) is 5.35. The number of hydrogen-bond acceptors (Lipinski definition) is 2. The van der Waals surface area contributed by atoms with Gasteiger partial charge in [0.2, 0.25) is 0 Å². The Hall–Kier alpha value is -2.05. The molecule has 2 heterocycles. The van der Waals surface area contributed by atoms with Crippen molar-refractivity contribution in [2.24, 2.45) is 10.5 Å². The fourth-order valence-electron chi connectivity index (χ4n) is 2.17. The number of carbonyl (C=O) groups is 1. The molecular formula is C13H12F3N3O. The Morgan fingerprint density at radius 1 is 1.35 bits per heavy atom. The summed E-state index contributed by atoms with van der Waals surface area (Å²) in [7, 11) is 0. The van der Waals surface area contributed by atoms with E-state index in [2.05, 4.69) is 15.5 Å². The Morgan fingerprint density at radius 2 is 2.05 bits per heavy atom. The van der Waals surface area contributed by atoms with Crippen LogP contribution >= 0.6 is 0 Å². The molecule has 1 fully saturated rings. The van der Waals surface area contributed by atoms with Crippen molar-refractivity contribution in [2.45, 2.75) is 25.9 Å². The number of amides is 1. The molecule has 3 rings (SSSR count). The average Bonchev–Trinajstić information content (AvgIpc) is 2.78. The van der Waals surface area contributed by atoms with Gasteiger partial charge in [-0.15, -0.1) is 0 Å². The molecule has 1 amide bonds. The lowest BCUT2D eigenvalue weighted by molar-refractivity contribution is -0.140. The maximum Gasteiger partial charge on any atom is 0.431 e. The zero-order valence-corrected chi connectivity index (χ0v) is 10.6. The van der Waals surface area contributed by atoms with Crippen LogP contribution in [0.15, 0.2) is 22.8 Å². The minimum absolute atomic E-state index is 0.134. The second-order valence-corrected chi connectivity index (χ2v) is 5.35. The number of H-pyrrole nitrogens is 1. The minimum atomic E-state index is -4.42. The number of aromatic amines is 1. The van der Waals surface area contributed by atoms with Gasteiger partial charge in [0.25, 0.3) is 5.91 Å². The van der Waals surface area contributed by atoms with Gasteiger partial charge in [0.1, 0.15) is 5.69 Å². The molecule has 1 aliphatic carbocycles. The van der Waals surface area contributed by atoms with E-state index in [1.165, 1.54) is 12.1 Å². The van der Waals surface area contributed by atoms with Crippen molar-refractivity contribution in [1.82, 2.24) is 10.4 Å². The van der Waals surface area contributed by atoms with Crippen LogP contribution in [0.25, 0.3) is 6.08 Å². The van der Waals surface area contributed by atoms with Gasteiger partial charge in [-0.3, -0.25) is 4.79 Å². The van der Waals surface area contributed by atoms with E-state index in [1.807, 2.05) is 6.92 Å². The minimum Gasteiger partial charge on any atom is -0.351 e. The van der Waals surface area contributed by atoms with Crippen LogP contribution in [0.5, 0.6) is 0 Å². The summed E-state index contributed by atoms with van der Waals surface area (Å²) in [5.74, 6) is -0.378. The smallest absolute Gasteiger partial charge is 0.351 e. The topological polar surface area (TPSA) is 57.2 Å². The van der Waals surface area contributed by atoms with E-state index in [0.29, 0.717) is 11.3 Å². The van der Waals surface area contributed by atoms with Crippen LogP contribution in [-0.2, 0) is 11.0 Å². The summed E-state index contributed by atoms with van der Waals surface area (Å²) < 4.78 is 37.5. The normalized spacial score (nSPS) is 22.9. The highest BCUT2D eigenvalue weighted by Gasteiger charge is 2.47. The quantitative estimate of drug-likeness (QED) is 0.806. The SMILES string of the molecule is CC1(C2=NNC(=O)/C2=C\c2ccc(C(F)(F)F)[nH]2)CC1. The zero-order valence-electron chi connectivity index (χ0n) is 10.6. The predicted molar refractivity (Wildman–Crippen MR) is 66.7 cm³/mol.